The summed E-state index contributed by atoms with van der Waals surface area (Å²) in [5.74, 6) is 6.10. The van der Waals surface area contributed by atoms with Crippen molar-refractivity contribution in [1.29, 1.82) is 0 Å². The van der Waals surface area contributed by atoms with Gasteiger partial charge in [0.2, 0.25) is 0 Å². The highest BCUT2D eigenvalue weighted by Gasteiger charge is 1.91. The minimum absolute atomic E-state index is 0.858. The molecule has 2 rings (SSSR count). The van der Waals surface area contributed by atoms with Gasteiger partial charge in [-0.1, -0.05) is 24.1 Å². The second kappa shape index (κ2) is 4.08. The standard InChI is InChI=1S/C12H9NS/c1-10-13-12(9-14-10)8-7-11-5-3-2-4-6-11/h2-6,9H,1H3/i2+2,3+2,4+2,5+2,6+2,11+2,12+2. The molecular weight excluding hydrogens is 204 g/mol. The van der Waals surface area contributed by atoms with Crippen LogP contribution in [0.5, 0.6) is 0 Å². The minimum Gasteiger partial charge on any atom is -0.233 e. The van der Waals surface area contributed by atoms with Gasteiger partial charge in [-0.2, -0.15) is 0 Å². The molecule has 0 radical (unpaired) electrons. The number of aryl methyl sites for hydroxylation is 1. The minimum atomic E-state index is 0.858. The summed E-state index contributed by atoms with van der Waals surface area (Å²) in [6.45, 7) is 1.98. The maximum absolute atomic E-state index is 4.27. The third-order valence-corrected chi connectivity index (χ3v) is 2.50. The fourth-order valence-electron chi connectivity index (χ4n) is 1.08. The largest absolute Gasteiger partial charge is 0.233 e. The molecule has 1 aromatic heterocycles. The molecule has 2 heteroatoms. The summed E-state index contributed by atoms with van der Waals surface area (Å²) in [5.41, 5.74) is 1.88. The number of hydrogen-bond acceptors (Lipinski definition) is 2. The average Bonchev–Trinajstić information content (AvgIpc) is 2.63. The molecule has 14 heavy (non-hydrogen) atoms. The van der Waals surface area contributed by atoms with Gasteiger partial charge in [0.1, 0.15) is 5.69 Å². The highest BCUT2D eigenvalue weighted by atomic mass is 32.1. The van der Waals surface area contributed by atoms with Crippen LogP contribution in [0.3, 0.4) is 0 Å². The highest BCUT2D eigenvalue weighted by Crippen LogP contribution is 2.06. The van der Waals surface area contributed by atoms with E-state index in [1.165, 1.54) is 0 Å². The molecule has 0 spiro atoms. The van der Waals surface area contributed by atoms with E-state index in [1.54, 1.807) is 11.3 Å². The Balaban J connectivity index is 2.23. The van der Waals surface area contributed by atoms with E-state index in [4.69, 9.17) is 0 Å². The molecule has 1 nitrogen and oxygen atoms in total. The predicted octanol–water partition coefficient (Wildman–Crippen LogP) is 2.85. The summed E-state index contributed by atoms with van der Waals surface area (Å²) in [4.78, 5) is 4.27. The van der Waals surface area contributed by atoms with Gasteiger partial charge in [0.15, 0.2) is 0 Å². The fraction of sp³-hybridized carbons (Fsp3) is 0.0833. The summed E-state index contributed by atoms with van der Waals surface area (Å²) in [5, 5.41) is 3.04. The topological polar surface area (TPSA) is 12.9 Å². The number of benzene rings is 1. The van der Waals surface area contributed by atoms with E-state index in [-0.39, 0.29) is 0 Å². The van der Waals surface area contributed by atoms with Crippen molar-refractivity contribution in [2.75, 3.05) is 0 Å². The van der Waals surface area contributed by atoms with Gasteiger partial charge in [-0.3, -0.25) is 0 Å². The molecule has 0 amide bonds. The van der Waals surface area contributed by atoms with Crippen LogP contribution in [0.15, 0.2) is 35.7 Å². The lowest BCUT2D eigenvalue weighted by molar-refractivity contribution is 1.27. The second-order valence-corrected chi connectivity index (χ2v) is 3.93. The van der Waals surface area contributed by atoms with E-state index in [1.807, 2.05) is 42.6 Å². The van der Waals surface area contributed by atoms with E-state index < -0.39 is 0 Å². The molecule has 2 aromatic rings. The molecule has 0 N–H and O–H groups in total. The Hall–Kier alpha value is -1.59. The van der Waals surface area contributed by atoms with E-state index >= 15 is 0 Å². The molecule has 1 heterocycles. The van der Waals surface area contributed by atoms with Crippen molar-refractivity contribution in [2.45, 2.75) is 6.92 Å². The molecule has 0 saturated heterocycles. The van der Waals surface area contributed by atoms with Gasteiger partial charge in [0.05, 0.1) is 5.01 Å². The van der Waals surface area contributed by atoms with Crippen molar-refractivity contribution in [1.82, 2.24) is 4.98 Å². The summed E-state index contributed by atoms with van der Waals surface area (Å²) < 4.78 is 0. The Morgan fingerprint density at radius 3 is 2.71 bits per heavy atom. The number of aromatic nitrogens is 1. The maximum atomic E-state index is 4.27. The first-order chi connectivity index (χ1) is 6.84. The second-order valence-electron chi connectivity index (χ2n) is 2.87. The molecule has 0 atom stereocenters. The number of rotatable bonds is 0. The Kier molecular flexibility index (Phi) is 2.62. The lowest BCUT2D eigenvalue weighted by atomic mass is 10.9. The quantitative estimate of drug-likeness (QED) is 0.613. The number of hydrogen-bond donors (Lipinski definition) is 0. The summed E-state index contributed by atoms with van der Waals surface area (Å²) in [6.07, 6.45) is 0. The smallest absolute Gasteiger partial charge is 0.124 e. The summed E-state index contributed by atoms with van der Waals surface area (Å²) >= 11 is 1.63. The van der Waals surface area contributed by atoms with Gasteiger partial charge < -0.3 is 0 Å². The van der Waals surface area contributed by atoms with E-state index in [0.717, 1.165) is 16.3 Å². The molecule has 0 fully saturated rings. The van der Waals surface area contributed by atoms with Crippen molar-refractivity contribution in [2.24, 2.45) is 0 Å². The molecule has 0 bridgehead atoms. The molecule has 0 saturated carbocycles. The number of thiazole rings is 1. The predicted molar refractivity (Wildman–Crippen MR) is 59.3 cm³/mol. The van der Waals surface area contributed by atoms with Crippen LogP contribution in [0, 0.1) is 18.8 Å². The van der Waals surface area contributed by atoms with Crippen LogP contribution in [-0.4, -0.2) is 4.98 Å². The van der Waals surface area contributed by atoms with Gasteiger partial charge in [-0.25, -0.2) is 4.98 Å². The Morgan fingerprint density at radius 2 is 2.07 bits per heavy atom. The first kappa shape index (κ1) is 8.98. The lowest BCUT2D eigenvalue weighted by Gasteiger charge is -1.85. The fourth-order valence-corrected chi connectivity index (χ4v) is 1.62. The molecule has 68 valence electrons. The van der Waals surface area contributed by atoms with Crippen LogP contribution in [-0.2, 0) is 0 Å². The maximum Gasteiger partial charge on any atom is 0.124 e. The van der Waals surface area contributed by atoms with Gasteiger partial charge in [-0.15, -0.1) is 11.3 Å². The molecule has 0 aliphatic carbocycles. The SMILES string of the molecule is Cc1n[14c](C#C[14c]2[14cH][14cH][14cH][14cH][14cH]2)cs1. The van der Waals surface area contributed by atoms with Gasteiger partial charge in [0, 0.05) is 10.9 Å². The Morgan fingerprint density at radius 1 is 1.29 bits per heavy atom. The van der Waals surface area contributed by atoms with Crippen LogP contribution in [0.4, 0.5) is 0 Å². The third kappa shape index (κ3) is 2.21. The summed E-state index contributed by atoms with van der Waals surface area (Å²) in [7, 11) is 0. The lowest BCUT2D eigenvalue weighted by Crippen LogP contribution is -1.75. The first-order valence-corrected chi connectivity index (χ1v) is 5.22. The molecule has 1 aromatic carbocycles. The van der Waals surface area contributed by atoms with Crippen LogP contribution in [0.1, 0.15) is 16.3 Å². The van der Waals surface area contributed by atoms with E-state index in [0.29, 0.717) is 0 Å². The van der Waals surface area contributed by atoms with Crippen molar-refractivity contribution in [3.63, 3.8) is 0 Å². The van der Waals surface area contributed by atoms with E-state index in [9.17, 15) is 0 Å². The number of nitrogens with zero attached hydrogens (tertiary/aromatic N) is 1. The molecular formula is C12H9NS. The highest BCUT2D eigenvalue weighted by molar-refractivity contribution is 7.09. The zero-order valence-corrected chi connectivity index (χ0v) is 8.64. The van der Waals surface area contributed by atoms with Crippen LogP contribution in [0.25, 0.3) is 0 Å². The van der Waals surface area contributed by atoms with Gasteiger partial charge in [-0.05, 0) is 25.0 Å². The Bertz CT molecular complexity index is 474. The Labute approximate surface area is 87.4 Å². The van der Waals surface area contributed by atoms with Crippen LogP contribution in [0.2, 0.25) is 0 Å². The summed E-state index contributed by atoms with van der Waals surface area (Å²) in [6, 6.07) is 9.93. The van der Waals surface area contributed by atoms with Crippen LogP contribution < -0.4 is 0 Å². The zero-order chi connectivity index (χ0) is 9.80. The van der Waals surface area contributed by atoms with Gasteiger partial charge >= 0.3 is 0 Å². The zero-order valence-electron chi connectivity index (χ0n) is 7.82. The van der Waals surface area contributed by atoms with Gasteiger partial charge in [0.25, 0.3) is 0 Å². The first-order valence-electron chi connectivity index (χ1n) is 4.34. The van der Waals surface area contributed by atoms with Crippen molar-refractivity contribution < 1.29 is 0 Å². The van der Waals surface area contributed by atoms with Crippen molar-refractivity contribution in [3.8, 4) is 11.8 Å². The molecule has 0 aliphatic rings. The average molecular weight is 213 g/mol. The van der Waals surface area contributed by atoms with Crippen LogP contribution >= 0.6 is 11.3 Å². The molecule has 0 aliphatic heterocycles. The van der Waals surface area contributed by atoms with Crippen molar-refractivity contribution in [3.05, 3.63) is 52.0 Å². The monoisotopic (exact) mass is 213 g/mol. The molecule has 0 unspecified atom stereocenters. The normalized spacial score (nSPS) is 9.21. The third-order valence-electron chi connectivity index (χ3n) is 1.73. The van der Waals surface area contributed by atoms with E-state index in [2.05, 4.69) is 16.8 Å². The van der Waals surface area contributed by atoms with Crippen molar-refractivity contribution >= 4 is 11.3 Å².